The fraction of sp³-hybridized carbons (Fsp3) is 0.455. The second-order valence-corrected chi connectivity index (χ2v) is 5.79. The van der Waals surface area contributed by atoms with Crippen LogP contribution in [0.2, 0.25) is 0 Å². The van der Waals surface area contributed by atoms with Crippen molar-refractivity contribution in [2.75, 3.05) is 20.4 Å². The van der Waals surface area contributed by atoms with Crippen molar-refractivity contribution in [3.63, 3.8) is 0 Å². The van der Waals surface area contributed by atoms with Gasteiger partial charge < -0.3 is 9.05 Å². The quantitative estimate of drug-likeness (QED) is 0.725. The van der Waals surface area contributed by atoms with Crippen LogP contribution >= 0.6 is 7.60 Å². The molecule has 0 aliphatic rings. The van der Waals surface area contributed by atoms with Gasteiger partial charge in [0, 0.05) is 14.2 Å². The maximum absolute atomic E-state index is 11.9. The van der Waals surface area contributed by atoms with Crippen molar-refractivity contribution in [1.82, 2.24) is 0 Å². The first-order valence-electron chi connectivity index (χ1n) is 4.87. The summed E-state index contributed by atoms with van der Waals surface area (Å²) in [5.41, 5.74) is 1.15. The third-order valence-electron chi connectivity index (χ3n) is 2.42. The molecule has 0 saturated carbocycles. The van der Waals surface area contributed by atoms with Crippen molar-refractivity contribution in [3.8, 4) is 0 Å². The molecule has 0 aliphatic carbocycles. The average Bonchev–Trinajstić information content (AvgIpc) is 2.30. The van der Waals surface area contributed by atoms with Gasteiger partial charge in [0.25, 0.3) is 0 Å². The van der Waals surface area contributed by atoms with Crippen molar-refractivity contribution >= 4 is 7.60 Å². The van der Waals surface area contributed by atoms with Crippen LogP contribution in [0, 0.1) is 0 Å². The minimum Gasteiger partial charge on any atom is -0.312 e. The fourth-order valence-corrected chi connectivity index (χ4v) is 2.77. The third-order valence-corrected chi connectivity index (χ3v) is 4.53. The van der Waals surface area contributed by atoms with Crippen molar-refractivity contribution in [2.45, 2.75) is 12.8 Å². The molecule has 0 fully saturated rings. The second kappa shape index (κ2) is 5.45. The van der Waals surface area contributed by atoms with Crippen molar-refractivity contribution in [3.05, 3.63) is 35.9 Å². The van der Waals surface area contributed by atoms with Gasteiger partial charge >= 0.3 is 7.60 Å². The number of hydrogen-bond donors (Lipinski definition) is 0. The molecule has 1 atom stereocenters. The fourth-order valence-electron chi connectivity index (χ4n) is 1.45. The van der Waals surface area contributed by atoms with Crippen LogP contribution in [0.4, 0.5) is 0 Å². The van der Waals surface area contributed by atoms with E-state index in [9.17, 15) is 4.57 Å². The normalized spacial score (nSPS) is 13.8. The largest absolute Gasteiger partial charge is 0.330 e. The first kappa shape index (κ1) is 12.4. The molecule has 0 unspecified atom stereocenters. The van der Waals surface area contributed by atoms with E-state index >= 15 is 0 Å². The Kier molecular flexibility index (Phi) is 4.52. The van der Waals surface area contributed by atoms with Crippen LogP contribution in [0.5, 0.6) is 0 Å². The summed E-state index contributed by atoms with van der Waals surface area (Å²) in [6, 6.07) is 9.93. The van der Waals surface area contributed by atoms with E-state index in [1.807, 2.05) is 37.3 Å². The van der Waals surface area contributed by atoms with Crippen molar-refractivity contribution < 1.29 is 13.6 Å². The molecule has 0 aromatic heterocycles. The third kappa shape index (κ3) is 3.45. The molecule has 15 heavy (non-hydrogen) atoms. The Labute approximate surface area is 90.9 Å². The van der Waals surface area contributed by atoms with Gasteiger partial charge in [0.1, 0.15) is 0 Å². The first-order valence-corrected chi connectivity index (χ1v) is 6.59. The molecule has 0 bridgehead atoms. The maximum Gasteiger partial charge on any atom is 0.330 e. The molecule has 0 N–H and O–H groups in total. The predicted molar refractivity (Wildman–Crippen MR) is 61.3 cm³/mol. The average molecular weight is 228 g/mol. The van der Waals surface area contributed by atoms with Gasteiger partial charge in [0.15, 0.2) is 0 Å². The molecular weight excluding hydrogens is 211 g/mol. The molecule has 0 radical (unpaired) electrons. The number of rotatable bonds is 5. The molecule has 3 nitrogen and oxygen atoms in total. The van der Waals surface area contributed by atoms with Crippen molar-refractivity contribution in [1.29, 1.82) is 0 Å². The van der Waals surface area contributed by atoms with E-state index in [1.165, 1.54) is 14.2 Å². The Balaban J connectivity index is 2.71. The van der Waals surface area contributed by atoms with Crippen LogP contribution < -0.4 is 0 Å². The monoisotopic (exact) mass is 228 g/mol. The van der Waals surface area contributed by atoms with E-state index in [0.29, 0.717) is 6.16 Å². The zero-order valence-corrected chi connectivity index (χ0v) is 10.2. The van der Waals surface area contributed by atoms with E-state index in [2.05, 4.69) is 0 Å². The molecule has 0 spiro atoms. The highest BCUT2D eigenvalue weighted by Crippen LogP contribution is 2.49. The summed E-state index contributed by atoms with van der Waals surface area (Å²) in [7, 11) is -0.0654. The Morgan fingerprint density at radius 2 is 1.73 bits per heavy atom. The smallest absolute Gasteiger partial charge is 0.312 e. The number of benzene rings is 1. The summed E-state index contributed by atoms with van der Waals surface area (Å²) < 4.78 is 21.7. The lowest BCUT2D eigenvalue weighted by Gasteiger charge is -2.18. The predicted octanol–water partition coefficient (Wildman–Crippen LogP) is 3.28. The van der Waals surface area contributed by atoms with Crippen LogP contribution in [0.1, 0.15) is 18.4 Å². The summed E-state index contributed by atoms with van der Waals surface area (Å²) in [5.74, 6) is 0.164. The minimum absolute atomic E-state index is 0.164. The van der Waals surface area contributed by atoms with Crippen LogP contribution in [0.25, 0.3) is 0 Å². The lowest BCUT2D eigenvalue weighted by molar-refractivity contribution is 0.274. The lowest BCUT2D eigenvalue weighted by Crippen LogP contribution is -2.03. The van der Waals surface area contributed by atoms with E-state index in [-0.39, 0.29) is 5.92 Å². The molecule has 0 saturated heterocycles. The molecule has 84 valence electrons. The maximum atomic E-state index is 11.9. The van der Waals surface area contributed by atoms with Gasteiger partial charge in [0.2, 0.25) is 0 Å². The number of hydrogen-bond acceptors (Lipinski definition) is 3. The molecule has 0 amide bonds. The SMILES string of the molecule is COP(=O)(C[C@@H](C)c1ccccc1)OC. The Morgan fingerprint density at radius 1 is 1.20 bits per heavy atom. The zero-order valence-electron chi connectivity index (χ0n) is 9.34. The Hall–Kier alpha value is -0.630. The Morgan fingerprint density at radius 3 is 2.20 bits per heavy atom. The lowest BCUT2D eigenvalue weighted by atomic mass is 10.0. The highest BCUT2D eigenvalue weighted by Gasteiger charge is 2.24. The highest BCUT2D eigenvalue weighted by molar-refractivity contribution is 7.53. The molecule has 0 aliphatic heterocycles. The van der Waals surface area contributed by atoms with Crippen LogP contribution in [0.3, 0.4) is 0 Å². The van der Waals surface area contributed by atoms with Gasteiger partial charge in [-0.2, -0.15) is 0 Å². The van der Waals surface area contributed by atoms with E-state index < -0.39 is 7.60 Å². The summed E-state index contributed by atoms with van der Waals surface area (Å²) >= 11 is 0. The Bertz CT molecular complexity index is 329. The molecule has 1 aromatic carbocycles. The van der Waals surface area contributed by atoms with Gasteiger partial charge in [-0.1, -0.05) is 37.3 Å². The molecule has 4 heteroatoms. The first-order chi connectivity index (χ1) is 7.11. The standard InChI is InChI=1S/C11H17O3P/c1-10(9-15(12,13-2)14-3)11-7-5-4-6-8-11/h4-8,10H,9H2,1-3H3/t10-/m1/s1. The van der Waals surface area contributed by atoms with Crippen LogP contribution in [0.15, 0.2) is 30.3 Å². The van der Waals surface area contributed by atoms with E-state index in [1.54, 1.807) is 0 Å². The zero-order chi connectivity index (χ0) is 11.3. The second-order valence-electron chi connectivity index (χ2n) is 3.47. The van der Waals surface area contributed by atoms with Gasteiger partial charge in [-0.05, 0) is 11.5 Å². The summed E-state index contributed by atoms with van der Waals surface area (Å²) in [5, 5.41) is 0. The van der Waals surface area contributed by atoms with Gasteiger partial charge in [-0.3, -0.25) is 4.57 Å². The van der Waals surface area contributed by atoms with Crippen LogP contribution in [-0.4, -0.2) is 20.4 Å². The molecule has 0 heterocycles. The van der Waals surface area contributed by atoms with E-state index in [4.69, 9.17) is 9.05 Å². The summed E-state index contributed by atoms with van der Waals surface area (Å²) in [4.78, 5) is 0. The van der Waals surface area contributed by atoms with Gasteiger partial charge in [0.05, 0.1) is 6.16 Å². The topological polar surface area (TPSA) is 35.5 Å². The molecule has 1 aromatic rings. The van der Waals surface area contributed by atoms with Crippen molar-refractivity contribution in [2.24, 2.45) is 0 Å². The van der Waals surface area contributed by atoms with E-state index in [0.717, 1.165) is 5.56 Å². The summed E-state index contributed by atoms with van der Waals surface area (Å²) in [6.45, 7) is 2.01. The summed E-state index contributed by atoms with van der Waals surface area (Å²) in [6.07, 6.45) is 0.407. The molecular formula is C11H17O3P. The van der Waals surface area contributed by atoms with Gasteiger partial charge in [-0.25, -0.2) is 0 Å². The highest BCUT2D eigenvalue weighted by atomic mass is 31.2. The minimum atomic E-state index is -2.90. The molecule has 1 rings (SSSR count). The van der Waals surface area contributed by atoms with Gasteiger partial charge in [-0.15, -0.1) is 0 Å². The van der Waals surface area contributed by atoms with Crippen LogP contribution in [-0.2, 0) is 13.6 Å².